The van der Waals surface area contributed by atoms with Gasteiger partial charge in [-0.25, -0.2) is 0 Å². The smallest absolute Gasteiger partial charge is 0.511 e. The van der Waals surface area contributed by atoms with Gasteiger partial charge in [0.1, 0.15) is 5.75 Å². The summed E-state index contributed by atoms with van der Waals surface area (Å²) in [6, 6.07) is 5.15. The van der Waals surface area contributed by atoms with Crippen molar-refractivity contribution in [3.05, 3.63) is 27.1 Å². The van der Waals surface area contributed by atoms with Gasteiger partial charge in [0.25, 0.3) is 0 Å². The summed E-state index contributed by atoms with van der Waals surface area (Å²) in [5.74, 6) is 0.374. The van der Waals surface area contributed by atoms with Crippen molar-refractivity contribution in [3.8, 4) is 5.75 Å². The summed E-state index contributed by atoms with van der Waals surface area (Å²) >= 11 is 6.46. The minimum absolute atomic E-state index is 0.374. The van der Waals surface area contributed by atoms with Crippen molar-refractivity contribution in [1.29, 1.82) is 0 Å². The fourth-order valence-corrected chi connectivity index (χ4v) is 1.39. The quantitative estimate of drug-likeness (QED) is 0.814. The third kappa shape index (κ3) is 2.48. The molecule has 0 fully saturated rings. The van der Waals surface area contributed by atoms with E-state index in [1.807, 2.05) is 0 Å². The van der Waals surface area contributed by atoms with Gasteiger partial charge in [0.15, 0.2) is 0 Å². The van der Waals surface area contributed by atoms with Gasteiger partial charge in [-0.2, -0.15) is 0 Å². The monoisotopic (exact) mass is 294 g/mol. The second kappa shape index (κ2) is 4.27. The van der Waals surface area contributed by atoms with Crippen LogP contribution in [0.15, 0.2) is 27.1 Å². The van der Waals surface area contributed by atoms with E-state index in [2.05, 4.69) is 36.5 Å². The van der Waals surface area contributed by atoms with Gasteiger partial charge in [0.05, 0.1) is 4.47 Å². The SMILES string of the molecule is OB(O)Oc1cccc(Br)c1Br. The Balaban J connectivity index is 2.92. The highest BCUT2D eigenvalue weighted by Gasteiger charge is 2.14. The van der Waals surface area contributed by atoms with Crippen molar-refractivity contribution >= 4 is 39.2 Å². The van der Waals surface area contributed by atoms with Gasteiger partial charge in [-0.1, -0.05) is 6.07 Å². The molecule has 12 heavy (non-hydrogen) atoms. The van der Waals surface area contributed by atoms with Crippen LogP contribution in [0, 0.1) is 0 Å². The molecular weight excluding hydrogens is 291 g/mol. The summed E-state index contributed by atoms with van der Waals surface area (Å²) in [6.07, 6.45) is 0. The molecule has 64 valence electrons. The Hall–Kier alpha value is -0.0351. The molecule has 3 nitrogen and oxygen atoms in total. The highest BCUT2D eigenvalue weighted by Crippen LogP contribution is 2.32. The Kier molecular flexibility index (Phi) is 3.58. The Labute approximate surface area is 86.8 Å². The van der Waals surface area contributed by atoms with Gasteiger partial charge < -0.3 is 14.7 Å². The van der Waals surface area contributed by atoms with Crippen molar-refractivity contribution < 1.29 is 14.7 Å². The molecule has 0 saturated carbocycles. The van der Waals surface area contributed by atoms with Crippen molar-refractivity contribution in [1.82, 2.24) is 0 Å². The van der Waals surface area contributed by atoms with Gasteiger partial charge in [-0.3, -0.25) is 0 Å². The van der Waals surface area contributed by atoms with Crippen LogP contribution in [0.4, 0.5) is 0 Å². The standard InChI is InChI=1S/C6H5BBr2O3/c8-4-2-1-3-5(6(4)9)12-7(10)11/h1-3,10-11H. The molecule has 1 aromatic rings. The Morgan fingerprint density at radius 1 is 1.25 bits per heavy atom. The minimum atomic E-state index is -1.80. The zero-order chi connectivity index (χ0) is 9.14. The van der Waals surface area contributed by atoms with Gasteiger partial charge in [0, 0.05) is 4.47 Å². The minimum Gasteiger partial charge on any atom is -0.511 e. The Bertz CT molecular complexity index is 279. The first-order valence-electron chi connectivity index (χ1n) is 3.08. The molecule has 0 heterocycles. The fraction of sp³-hybridized carbons (Fsp3) is 0. The van der Waals surface area contributed by atoms with Crippen molar-refractivity contribution in [2.75, 3.05) is 0 Å². The van der Waals surface area contributed by atoms with E-state index < -0.39 is 7.32 Å². The van der Waals surface area contributed by atoms with Crippen LogP contribution in [0.5, 0.6) is 5.75 Å². The normalized spacial score (nSPS) is 9.67. The van der Waals surface area contributed by atoms with E-state index >= 15 is 0 Å². The van der Waals surface area contributed by atoms with E-state index in [1.54, 1.807) is 18.2 Å². The van der Waals surface area contributed by atoms with Gasteiger partial charge in [-0.05, 0) is 44.0 Å². The molecule has 6 heteroatoms. The number of rotatable bonds is 2. The van der Waals surface area contributed by atoms with E-state index in [4.69, 9.17) is 10.0 Å². The highest BCUT2D eigenvalue weighted by molar-refractivity contribution is 9.13. The molecule has 0 spiro atoms. The molecule has 0 aliphatic carbocycles. The third-order valence-electron chi connectivity index (χ3n) is 1.15. The Morgan fingerprint density at radius 3 is 2.50 bits per heavy atom. The number of hydrogen-bond donors (Lipinski definition) is 2. The third-order valence-corrected chi connectivity index (χ3v) is 3.16. The second-order valence-electron chi connectivity index (χ2n) is 2.00. The topological polar surface area (TPSA) is 49.7 Å². The molecule has 2 N–H and O–H groups in total. The molecule has 0 amide bonds. The van der Waals surface area contributed by atoms with E-state index in [-0.39, 0.29) is 0 Å². The van der Waals surface area contributed by atoms with Gasteiger partial charge >= 0.3 is 7.32 Å². The van der Waals surface area contributed by atoms with Crippen LogP contribution in [-0.2, 0) is 0 Å². The lowest BCUT2D eigenvalue weighted by Gasteiger charge is -2.07. The summed E-state index contributed by atoms with van der Waals surface area (Å²) in [5.41, 5.74) is 0. The highest BCUT2D eigenvalue weighted by atomic mass is 79.9. The van der Waals surface area contributed by atoms with Crippen molar-refractivity contribution in [2.24, 2.45) is 0 Å². The lowest BCUT2D eigenvalue weighted by atomic mass is 10.2. The lowest BCUT2D eigenvalue weighted by Crippen LogP contribution is -2.20. The van der Waals surface area contributed by atoms with Gasteiger partial charge in [-0.15, -0.1) is 0 Å². The van der Waals surface area contributed by atoms with Crippen LogP contribution in [0.25, 0.3) is 0 Å². The predicted molar refractivity (Wildman–Crippen MR) is 52.7 cm³/mol. The average molecular weight is 296 g/mol. The van der Waals surface area contributed by atoms with Crippen molar-refractivity contribution in [3.63, 3.8) is 0 Å². The number of benzene rings is 1. The molecule has 0 aromatic heterocycles. The predicted octanol–water partition coefficient (Wildman–Crippen LogP) is 1.56. The first kappa shape index (κ1) is 10.0. The van der Waals surface area contributed by atoms with Crippen LogP contribution in [-0.4, -0.2) is 17.4 Å². The maximum absolute atomic E-state index is 8.52. The molecule has 1 rings (SSSR count). The maximum Gasteiger partial charge on any atom is 0.707 e. The molecular formula is C6H5BBr2O3. The van der Waals surface area contributed by atoms with Crippen LogP contribution >= 0.6 is 31.9 Å². The van der Waals surface area contributed by atoms with Crippen LogP contribution in [0.1, 0.15) is 0 Å². The molecule has 0 unspecified atom stereocenters. The summed E-state index contributed by atoms with van der Waals surface area (Å²) in [5, 5.41) is 17.0. The fourth-order valence-electron chi connectivity index (χ4n) is 0.689. The van der Waals surface area contributed by atoms with Crippen molar-refractivity contribution in [2.45, 2.75) is 0 Å². The summed E-state index contributed by atoms with van der Waals surface area (Å²) in [7, 11) is -1.80. The molecule has 0 atom stereocenters. The second-order valence-corrected chi connectivity index (χ2v) is 3.64. The van der Waals surface area contributed by atoms with Crippen LogP contribution in [0.2, 0.25) is 0 Å². The summed E-state index contributed by atoms with van der Waals surface area (Å²) in [6.45, 7) is 0. The lowest BCUT2D eigenvalue weighted by molar-refractivity contribution is 0.287. The molecule has 1 aromatic carbocycles. The number of hydrogen-bond acceptors (Lipinski definition) is 3. The molecule has 0 aliphatic heterocycles. The van der Waals surface area contributed by atoms with Gasteiger partial charge in [0.2, 0.25) is 0 Å². The zero-order valence-electron chi connectivity index (χ0n) is 5.87. The average Bonchev–Trinajstić information content (AvgIpc) is 1.98. The summed E-state index contributed by atoms with van der Waals surface area (Å²) < 4.78 is 6.10. The van der Waals surface area contributed by atoms with Crippen LogP contribution in [0.3, 0.4) is 0 Å². The first-order chi connectivity index (χ1) is 5.61. The molecule has 0 bridgehead atoms. The Morgan fingerprint density at radius 2 is 1.92 bits per heavy atom. The van der Waals surface area contributed by atoms with E-state index in [0.29, 0.717) is 10.2 Å². The first-order valence-corrected chi connectivity index (χ1v) is 4.66. The van der Waals surface area contributed by atoms with E-state index in [9.17, 15) is 0 Å². The van der Waals surface area contributed by atoms with Crippen LogP contribution < -0.4 is 4.65 Å². The summed E-state index contributed by atoms with van der Waals surface area (Å²) in [4.78, 5) is 0. The maximum atomic E-state index is 8.52. The largest absolute Gasteiger partial charge is 0.707 e. The molecule has 0 aliphatic rings. The molecule has 0 radical (unpaired) electrons. The van der Waals surface area contributed by atoms with E-state index in [0.717, 1.165) is 4.47 Å². The van der Waals surface area contributed by atoms with E-state index in [1.165, 1.54) is 0 Å². The zero-order valence-corrected chi connectivity index (χ0v) is 9.04. The number of halogens is 2. The molecule has 0 saturated heterocycles.